The fourth-order valence-corrected chi connectivity index (χ4v) is 1.99. The second kappa shape index (κ2) is 4.07. The zero-order valence-electron chi connectivity index (χ0n) is 8.46. The Balaban J connectivity index is 2.26. The minimum absolute atomic E-state index is 0.0567. The Hall–Kier alpha value is -1.28. The largest absolute Gasteiger partial charge is 0.381 e. The molecule has 0 saturated carbocycles. The molecule has 3 heteroatoms. The van der Waals surface area contributed by atoms with E-state index in [2.05, 4.69) is 5.32 Å². The summed E-state index contributed by atoms with van der Waals surface area (Å²) in [6, 6.07) is 7.66. The van der Waals surface area contributed by atoms with Gasteiger partial charge in [-0.15, -0.1) is 0 Å². The van der Waals surface area contributed by atoms with Crippen LogP contribution in [0, 0.1) is 0 Å². The van der Waals surface area contributed by atoms with Crippen LogP contribution in [-0.4, -0.2) is 5.78 Å². The van der Waals surface area contributed by atoms with Crippen molar-refractivity contribution in [1.29, 1.82) is 0 Å². The van der Waals surface area contributed by atoms with Gasteiger partial charge in [-0.1, -0.05) is 23.7 Å². The van der Waals surface area contributed by atoms with E-state index in [4.69, 9.17) is 11.6 Å². The number of ketones is 1. The van der Waals surface area contributed by atoms with Crippen LogP contribution < -0.4 is 5.32 Å². The first kappa shape index (κ1) is 10.2. The molecule has 0 aliphatic carbocycles. The summed E-state index contributed by atoms with van der Waals surface area (Å²) in [6.45, 7) is 1.90. The lowest BCUT2D eigenvalue weighted by atomic mass is 9.98. The van der Waals surface area contributed by atoms with Gasteiger partial charge in [0, 0.05) is 17.1 Å². The molecule has 1 N–H and O–H groups in total. The lowest BCUT2D eigenvalue weighted by molar-refractivity contribution is -0.115. The summed E-state index contributed by atoms with van der Waals surface area (Å²) < 4.78 is 0. The molecule has 78 valence electrons. The zero-order chi connectivity index (χ0) is 10.8. The van der Waals surface area contributed by atoms with Gasteiger partial charge in [0.2, 0.25) is 0 Å². The van der Waals surface area contributed by atoms with Gasteiger partial charge in [0.05, 0.1) is 6.04 Å². The molecule has 0 spiro atoms. The molecular formula is C12H12ClNO. The van der Waals surface area contributed by atoms with Gasteiger partial charge in [0.25, 0.3) is 0 Å². The Labute approximate surface area is 93.9 Å². The lowest BCUT2D eigenvalue weighted by Crippen LogP contribution is -2.26. The fraction of sp³-hybridized carbons (Fsp3) is 0.250. The number of hydrogen-bond donors (Lipinski definition) is 1. The average molecular weight is 222 g/mol. The molecule has 1 aromatic carbocycles. The van der Waals surface area contributed by atoms with E-state index in [-0.39, 0.29) is 11.8 Å². The summed E-state index contributed by atoms with van der Waals surface area (Å²) >= 11 is 5.91. The second-order valence-corrected chi connectivity index (χ2v) is 4.19. The average Bonchev–Trinajstić information content (AvgIpc) is 2.16. The number of benzene rings is 1. The first-order valence-corrected chi connectivity index (χ1v) is 5.26. The molecule has 2 nitrogen and oxygen atoms in total. The molecule has 2 rings (SSSR count). The maximum atomic E-state index is 11.4. The van der Waals surface area contributed by atoms with Crippen LogP contribution in [0.4, 0.5) is 0 Å². The van der Waals surface area contributed by atoms with Crippen molar-refractivity contribution in [3.63, 3.8) is 0 Å². The molecular weight excluding hydrogens is 210 g/mol. The van der Waals surface area contributed by atoms with Gasteiger partial charge in [-0.25, -0.2) is 0 Å². The summed E-state index contributed by atoms with van der Waals surface area (Å²) in [5.41, 5.74) is 1.97. The molecule has 1 aliphatic heterocycles. The van der Waals surface area contributed by atoms with E-state index < -0.39 is 0 Å². The van der Waals surface area contributed by atoms with Crippen LogP contribution in [-0.2, 0) is 4.79 Å². The molecule has 0 saturated heterocycles. The molecule has 1 heterocycles. The molecule has 1 aromatic rings. The van der Waals surface area contributed by atoms with Gasteiger partial charge in [-0.05, 0) is 30.7 Å². The van der Waals surface area contributed by atoms with Crippen LogP contribution in [0.1, 0.15) is 24.9 Å². The van der Waals surface area contributed by atoms with Gasteiger partial charge in [-0.2, -0.15) is 0 Å². The number of hydrogen-bond acceptors (Lipinski definition) is 2. The number of rotatable bonds is 1. The molecule has 1 unspecified atom stereocenters. The third-order valence-electron chi connectivity index (χ3n) is 2.44. The summed E-state index contributed by atoms with van der Waals surface area (Å²) in [6.07, 6.45) is 2.14. The number of carbonyl (C=O) groups excluding carboxylic acids is 1. The van der Waals surface area contributed by atoms with Gasteiger partial charge in [-0.3, -0.25) is 4.79 Å². The van der Waals surface area contributed by atoms with Crippen LogP contribution in [0.25, 0.3) is 0 Å². The van der Waals surface area contributed by atoms with E-state index in [0.29, 0.717) is 11.4 Å². The summed E-state index contributed by atoms with van der Waals surface area (Å²) in [5, 5.41) is 3.97. The predicted octanol–water partition coefficient (Wildman–Crippen LogP) is 2.85. The highest BCUT2D eigenvalue weighted by molar-refractivity contribution is 6.30. The van der Waals surface area contributed by atoms with E-state index in [9.17, 15) is 4.79 Å². The molecule has 15 heavy (non-hydrogen) atoms. The summed E-state index contributed by atoms with van der Waals surface area (Å²) in [7, 11) is 0. The Morgan fingerprint density at radius 1 is 1.47 bits per heavy atom. The van der Waals surface area contributed by atoms with Crippen molar-refractivity contribution in [2.24, 2.45) is 0 Å². The molecule has 0 amide bonds. The van der Waals surface area contributed by atoms with Crippen LogP contribution in [0.2, 0.25) is 5.02 Å². The Morgan fingerprint density at radius 3 is 2.93 bits per heavy atom. The minimum atomic E-state index is 0.0567. The van der Waals surface area contributed by atoms with Crippen molar-refractivity contribution >= 4 is 17.4 Å². The monoisotopic (exact) mass is 221 g/mol. The molecule has 1 aliphatic rings. The van der Waals surface area contributed by atoms with Gasteiger partial charge < -0.3 is 5.32 Å². The van der Waals surface area contributed by atoms with Crippen molar-refractivity contribution in [1.82, 2.24) is 5.32 Å². The Kier molecular flexibility index (Phi) is 2.78. The standard InChI is InChI=1S/C12H12ClNO/c1-8-5-11(15)7-12(14-8)9-3-2-4-10(13)6-9/h2-6,12,14H,7H2,1H3. The van der Waals surface area contributed by atoms with Crippen molar-refractivity contribution in [2.45, 2.75) is 19.4 Å². The lowest BCUT2D eigenvalue weighted by Gasteiger charge is -2.23. The fourth-order valence-electron chi connectivity index (χ4n) is 1.79. The van der Waals surface area contributed by atoms with Crippen LogP contribution in [0.5, 0.6) is 0 Å². The maximum absolute atomic E-state index is 11.4. The third kappa shape index (κ3) is 2.39. The second-order valence-electron chi connectivity index (χ2n) is 3.75. The number of halogens is 1. The minimum Gasteiger partial charge on any atom is -0.381 e. The van der Waals surface area contributed by atoms with Crippen LogP contribution >= 0.6 is 11.6 Å². The van der Waals surface area contributed by atoms with Crippen LogP contribution in [0.3, 0.4) is 0 Å². The normalized spacial score (nSPS) is 20.8. The number of allylic oxidation sites excluding steroid dienone is 2. The highest BCUT2D eigenvalue weighted by atomic mass is 35.5. The van der Waals surface area contributed by atoms with E-state index >= 15 is 0 Å². The Bertz CT molecular complexity index is 425. The highest BCUT2D eigenvalue weighted by Crippen LogP contribution is 2.24. The molecule has 0 fully saturated rings. The SMILES string of the molecule is CC1=CC(=O)CC(c2cccc(Cl)c2)N1. The zero-order valence-corrected chi connectivity index (χ0v) is 9.21. The van der Waals surface area contributed by atoms with Crippen molar-refractivity contribution in [3.05, 3.63) is 46.6 Å². The first-order chi connectivity index (χ1) is 7.15. The molecule has 1 atom stereocenters. The van der Waals surface area contributed by atoms with E-state index in [1.54, 1.807) is 6.08 Å². The Morgan fingerprint density at radius 2 is 2.27 bits per heavy atom. The van der Waals surface area contributed by atoms with Crippen molar-refractivity contribution in [3.8, 4) is 0 Å². The topological polar surface area (TPSA) is 29.1 Å². The summed E-state index contributed by atoms with van der Waals surface area (Å²) in [4.78, 5) is 11.4. The van der Waals surface area contributed by atoms with Crippen molar-refractivity contribution in [2.75, 3.05) is 0 Å². The van der Waals surface area contributed by atoms with E-state index in [1.165, 1.54) is 0 Å². The third-order valence-corrected chi connectivity index (χ3v) is 2.67. The van der Waals surface area contributed by atoms with Crippen LogP contribution in [0.15, 0.2) is 36.0 Å². The quantitative estimate of drug-likeness (QED) is 0.790. The van der Waals surface area contributed by atoms with Gasteiger partial charge in [0.1, 0.15) is 0 Å². The molecule has 0 radical (unpaired) electrons. The van der Waals surface area contributed by atoms with E-state index in [0.717, 1.165) is 11.3 Å². The number of carbonyl (C=O) groups is 1. The smallest absolute Gasteiger partial charge is 0.159 e. The van der Waals surface area contributed by atoms with Gasteiger partial charge >= 0.3 is 0 Å². The first-order valence-electron chi connectivity index (χ1n) is 4.88. The maximum Gasteiger partial charge on any atom is 0.159 e. The number of nitrogens with one attached hydrogen (secondary N) is 1. The van der Waals surface area contributed by atoms with Crippen molar-refractivity contribution < 1.29 is 4.79 Å². The summed E-state index contributed by atoms with van der Waals surface area (Å²) in [5.74, 6) is 0.163. The van der Waals surface area contributed by atoms with E-state index in [1.807, 2.05) is 31.2 Å². The molecule has 0 bridgehead atoms. The molecule has 0 aromatic heterocycles. The highest BCUT2D eigenvalue weighted by Gasteiger charge is 2.19. The van der Waals surface area contributed by atoms with Gasteiger partial charge in [0.15, 0.2) is 5.78 Å². The predicted molar refractivity (Wildman–Crippen MR) is 60.7 cm³/mol.